The van der Waals surface area contributed by atoms with E-state index in [-0.39, 0.29) is 0 Å². The summed E-state index contributed by atoms with van der Waals surface area (Å²) in [7, 11) is 0. The van der Waals surface area contributed by atoms with Crippen LogP contribution in [0.2, 0.25) is 0 Å². The van der Waals surface area contributed by atoms with Gasteiger partial charge in [0, 0.05) is 19.6 Å². The second-order valence-electron chi connectivity index (χ2n) is 2.71. The molecule has 0 aromatic heterocycles. The van der Waals surface area contributed by atoms with Crippen molar-refractivity contribution in [1.82, 2.24) is 0 Å². The summed E-state index contributed by atoms with van der Waals surface area (Å²) in [6.07, 6.45) is 7.58. The van der Waals surface area contributed by atoms with Crippen LogP contribution in [0.3, 0.4) is 0 Å². The van der Waals surface area contributed by atoms with E-state index >= 15 is 0 Å². The number of rotatable bonds is 9. The lowest BCUT2D eigenvalue weighted by atomic mass is 10.2. The zero-order valence-electron chi connectivity index (χ0n) is 7.63. The predicted octanol–water partition coefficient (Wildman–Crippen LogP) is 2.34. The highest BCUT2D eigenvalue weighted by Gasteiger charge is 1.88. The minimum atomic E-state index is 0.687. The first kappa shape index (κ1) is 11.4. The SMILES string of the molecule is C=CCCOCCCCCC=O. The highest BCUT2D eigenvalue weighted by atomic mass is 16.5. The molecule has 0 heterocycles. The first-order valence-corrected chi connectivity index (χ1v) is 4.54. The van der Waals surface area contributed by atoms with Crippen LogP contribution in [-0.2, 0) is 9.53 Å². The summed E-state index contributed by atoms with van der Waals surface area (Å²) in [4.78, 5) is 9.94. The summed E-state index contributed by atoms with van der Waals surface area (Å²) in [5, 5.41) is 0. The number of aldehydes is 1. The Morgan fingerprint density at radius 2 is 1.92 bits per heavy atom. The standard InChI is InChI=1S/C10H18O2/c1-2-3-9-12-10-7-5-4-6-8-11/h2,8H,1,3-7,9-10H2. The van der Waals surface area contributed by atoms with E-state index in [0.717, 1.165) is 45.2 Å². The lowest BCUT2D eigenvalue weighted by Crippen LogP contribution is -1.95. The van der Waals surface area contributed by atoms with Crippen molar-refractivity contribution in [2.24, 2.45) is 0 Å². The summed E-state index contributed by atoms with van der Waals surface area (Å²) >= 11 is 0. The van der Waals surface area contributed by atoms with E-state index in [0.29, 0.717) is 6.42 Å². The Hall–Kier alpha value is -0.630. The lowest BCUT2D eigenvalue weighted by Gasteiger charge is -2.00. The van der Waals surface area contributed by atoms with Gasteiger partial charge in [-0.3, -0.25) is 0 Å². The molecule has 2 heteroatoms. The fraction of sp³-hybridized carbons (Fsp3) is 0.700. The van der Waals surface area contributed by atoms with E-state index in [9.17, 15) is 4.79 Å². The second kappa shape index (κ2) is 10.4. The van der Waals surface area contributed by atoms with Gasteiger partial charge in [-0.15, -0.1) is 6.58 Å². The number of hydrogen-bond acceptors (Lipinski definition) is 2. The monoisotopic (exact) mass is 170 g/mol. The molecule has 12 heavy (non-hydrogen) atoms. The average molecular weight is 170 g/mol. The van der Waals surface area contributed by atoms with Crippen LogP contribution in [-0.4, -0.2) is 19.5 Å². The molecule has 0 aliphatic carbocycles. The highest BCUT2D eigenvalue weighted by Crippen LogP contribution is 1.98. The maximum atomic E-state index is 9.94. The molecular weight excluding hydrogens is 152 g/mol. The fourth-order valence-electron chi connectivity index (χ4n) is 0.877. The number of carbonyl (C=O) groups is 1. The molecule has 0 amide bonds. The van der Waals surface area contributed by atoms with E-state index < -0.39 is 0 Å². The normalized spacial score (nSPS) is 9.67. The molecule has 0 atom stereocenters. The molecule has 0 aromatic carbocycles. The lowest BCUT2D eigenvalue weighted by molar-refractivity contribution is -0.107. The van der Waals surface area contributed by atoms with Gasteiger partial charge in [0.25, 0.3) is 0 Å². The molecule has 0 radical (unpaired) electrons. The molecule has 0 spiro atoms. The Bertz CT molecular complexity index is 96.4. The molecule has 0 fully saturated rings. The quantitative estimate of drug-likeness (QED) is 0.301. The number of unbranched alkanes of at least 4 members (excludes halogenated alkanes) is 3. The van der Waals surface area contributed by atoms with Crippen LogP contribution in [0.5, 0.6) is 0 Å². The first-order valence-electron chi connectivity index (χ1n) is 4.54. The van der Waals surface area contributed by atoms with Crippen molar-refractivity contribution in [3.63, 3.8) is 0 Å². The Morgan fingerprint density at radius 3 is 2.58 bits per heavy atom. The third-order valence-electron chi connectivity index (χ3n) is 1.58. The van der Waals surface area contributed by atoms with Crippen LogP contribution in [0.25, 0.3) is 0 Å². The molecule has 0 bridgehead atoms. The van der Waals surface area contributed by atoms with Crippen molar-refractivity contribution >= 4 is 6.29 Å². The molecule has 0 unspecified atom stereocenters. The molecule has 0 saturated carbocycles. The number of ether oxygens (including phenoxy) is 1. The van der Waals surface area contributed by atoms with E-state index in [1.165, 1.54) is 0 Å². The predicted molar refractivity (Wildman–Crippen MR) is 50.2 cm³/mol. The molecule has 0 aliphatic heterocycles. The molecule has 0 saturated heterocycles. The largest absolute Gasteiger partial charge is 0.381 e. The number of carbonyl (C=O) groups excluding carboxylic acids is 1. The van der Waals surface area contributed by atoms with Crippen molar-refractivity contribution in [3.8, 4) is 0 Å². The third-order valence-corrected chi connectivity index (χ3v) is 1.58. The molecule has 0 aromatic rings. The van der Waals surface area contributed by atoms with E-state index in [1.807, 2.05) is 6.08 Å². The smallest absolute Gasteiger partial charge is 0.119 e. The van der Waals surface area contributed by atoms with Gasteiger partial charge in [-0.2, -0.15) is 0 Å². The summed E-state index contributed by atoms with van der Waals surface area (Å²) in [5.41, 5.74) is 0. The zero-order chi connectivity index (χ0) is 9.07. The Morgan fingerprint density at radius 1 is 1.08 bits per heavy atom. The van der Waals surface area contributed by atoms with Gasteiger partial charge in [0.15, 0.2) is 0 Å². The van der Waals surface area contributed by atoms with Gasteiger partial charge >= 0.3 is 0 Å². The summed E-state index contributed by atoms with van der Waals surface area (Å²) in [6, 6.07) is 0. The Kier molecular flexibility index (Phi) is 9.83. The Labute approximate surface area is 74.6 Å². The van der Waals surface area contributed by atoms with Crippen LogP contribution in [0, 0.1) is 0 Å². The van der Waals surface area contributed by atoms with Gasteiger partial charge in [-0.25, -0.2) is 0 Å². The minimum absolute atomic E-state index is 0.687. The zero-order valence-corrected chi connectivity index (χ0v) is 7.63. The van der Waals surface area contributed by atoms with Crippen LogP contribution in [0.15, 0.2) is 12.7 Å². The first-order chi connectivity index (χ1) is 5.91. The van der Waals surface area contributed by atoms with Crippen LogP contribution < -0.4 is 0 Å². The van der Waals surface area contributed by atoms with Gasteiger partial charge in [-0.05, 0) is 19.3 Å². The van der Waals surface area contributed by atoms with Gasteiger partial charge in [-0.1, -0.05) is 12.5 Å². The number of hydrogen-bond donors (Lipinski definition) is 0. The molecule has 0 N–H and O–H groups in total. The van der Waals surface area contributed by atoms with Crippen LogP contribution >= 0.6 is 0 Å². The van der Waals surface area contributed by atoms with Gasteiger partial charge < -0.3 is 9.53 Å². The van der Waals surface area contributed by atoms with E-state index in [1.54, 1.807) is 0 Å². The van der Waals surface area contributed by atoms with Gasteiger partial charge in [0.1, 0.15) is 6.29 Å². The van der Waals surface area contributed by atoms with Crippen LogP contribution in [0.1, 0.15) is 32.1 Å². The summed E-state index contributed by atoms with van der Waals surface area (Å²) in [6.45, 7) is 5.19. The molecule has 0 rings (SSSR count). The van der Waals surface area contributed by atoms with Crippen LogP contribution in [0.4, 0.5) is 0 Å². The highest BCUT2D eigenvalue weighted by molar-refractivity contribution is 5.48. The van der Waals surface area contributed by atoms with E-state index in [2.05, 4.69) is 6.58 Å². The maximum absolute atomic E-state index is 9.94. The van der Waals surface area contributed by atoms with Crippen molar-refractivity contribution in [3.05, 3.63) is 12.7 Å². The van der Waals surface area contributed by atoms with Gasteiger partial charge in [0.05, 0.1) is 0 Å². The maximum Gasteiger partial charge on any atom is 0.119 e. The van der Waals surface area contributed by atoms with Crippen molar-refractivity contribution < 1.29 is 9.53 Å². The Balaban J connectivity index is 2.81. The van der Waals surface area contributed by atoms with Gasteiger partial charge in [0.2, 0.25) is 0 Å². The van der Waals surface area contributed by atoms with Crippen molar-refractivity contribution in [2.75, 3.05) is 13.2 Å². The second-order valence-corrected chi connectivity index (χ2v) is 2.71. The summed E-state index contributed by atoms with van der Waals surface area (Å²) in [5.74, 6) is 0. The third kappa shape index (κ3) is 9.37. The van der Waals surface area contributed by atoms with Crippen molar-refractivity contribution in [2.45, 2.75) is 32.1 Å². The molecule has 2 nitrogen and oxygen atoms in total. The topological polar surface area (TPSA) is 26.3 Å². The minimum Gasteiger partial charge on any atom is -0.381 e. The molecular formula is C10H18O2. The van der Waals surface area contributed by atoms with E-state index in [4.69, 9.17) is 4.74 Å². The van der Waals surface area contributed by atoms with Crippen molar-refractivity contribution in [1.29, 1.82) is 0 Å². The molecule has 0 aliphatic rings. The fourth-order valence-corrected chi connectivity index (χ4v) is 0.877. The average Bonchev–Trinajstić information content (AvgIpc) is 2.10. The summed E-state index contributed by atoms with van der Waals surface area (Å²) < 4.78 is 5.29. The molecule has 70 valence electrons.